The number of rotatable bonds is 8. The number of aliphatic imine (C=N–C) groups is 1. The van der Waals surface area contributed by atoms with Gasteiger partial charge in [0.05, 0.1) is 12.1 Å². The van der Waals surface area contributed by atoms with Gasteiger partial charge in [0.15, 0.2) is 5.96 Å². The molecule has 0 atom stereocenters. The van der Waals surface area contributed by atoms with Crippen LogP contribution in [-0.2, 0) is 9.53 Å². The average Bonchev–Trinajstić information content (AvgIpc) is 2.57. The Labute approximate surface area is 155 Å². The van der Waals surface area contributed by atoms with Gasteiger partial charge in [0.2, 0.25) is 5.91 Å². The predicted octanol–water partition coefficient (Wildman–Crippen LogP) is 2.96. The van der Waals surface area contributed by atoms with Crippen molar-refractivity contribution in [2.75, 3.05) is 32.1 Å². The smallest absolute Gasteiger partial charge is 0.226 e. The van der Waals surface area contributed by atoms with Gasteiger partial charge in [-0.3, -0.25) is 9.79 Å². The lowest BCUT2D eigenvalue weighted by Gasteiger charge is -2.21. The van der Waals surface area contributed by atoms with Gasteiger partial charge in [0.25, 0.3) is 0 Å². The Hall–Kier alpha value is -1.79. The van der Waals surface area contributed by atoms with Crippen LogP contribution in [0.1, 0.15) is 32.8 Å². The molecule has 7 heteroatoms. The van der Waals surface area contributed by atoms with Crippen LogP contribution in [-0.4, -0.2) is 44.2 Å². The summed E-state index contributed by atoms with van der Waals surface area (Å²) in [5, 5.41) is 9.83. The Morgan fingerprint density at radius 1 is 1.32 bits per heavy atom. The number of nitrogens with one attached hydrogen (secondary N) is 3. The molecule has 0 spiro atoms. The predicted molar refractivity (Wildman–Crippen MR) is 105 cm³/mol. The van der Waals surface area contributed by atoms with Crippen molar-refractivity contribution in [3.05, 3.63) is 28.8 Å². The molecule has 0 aromatic heterocycles. The zero-order valence-electron chi connectivity index (χ0n) is 15.7. The molecule has 0 saturated heterocycles. The number of methoxy groups -OCH3 is 1. The zero-order chi connectivity index (χ0) is 18.9. The van der Waals surface area contributed by atoms with E-state index >= 15 is 0 Å². The standard InChI is InChI=1S/C18H29ClN4O2/c1-6-20-17(22-12-18(3,4)25-5)21-11-10-16(24)23-15-9-7-8-14(19)13(15)2/h7-9H,6,10-12H2,1-5H3,(H,23,24)(H2,20,21,22). The summed E-state index contributed by atoms with van der Waals surface area (Å²) < 4.78 is 5.36. The molecule has 140 valence electrons. The molecule has 6 nitrogen and oxygen atoms in total. The number of carbonyl (C=O) groups excluding carboxylic acids is 1. The lowest BCUT2D eigenvalue weighted by atomic mass is 10.1. The quantitative estimate of drug-likeness (QED) is 0.487. The molecule has 1 aromatic carbocycles. The van der Waals surface area contributed by atoms with E-state index in [2.05, 4.69) is 20.9 Å². The fourth-order valence-electron chi connectivity index (χ4n) is 1.93. The third-order valence-corrected chi connectivity index (χ3v) is 4.11. The van der Waals surface area contributed by atoms with E-state index in [0.717, 1.165) is 17.8 Å². The van der Waals surface area contributed by atoms with Crippen molar-refractivity contribution in [2.45, 2.75) is 39.7 Å². The largest absolute Gasteiger partial charge is 0.377 e. The van der Waals surface area contributed by atoms with Crippen molar-refractivity contribution in [3.8, 4) is 0 Å². The van der Waals surface area contributed by atoms with E-state index in [9.17, 15) is 4.79 Å². The maximum absolute atomic E-state index is 12.1. The van der Waals surface area contributed by atoms with Crippen LogP contribution in [0.15, 0.2) is 23.2 Å². The molecule has 1 rings (SSSR count). The van der Waals surface area contributed by atoms with Crippen molar-refractivity contribution in [1.82, 2.24) is 10.6 Å². The highest BCUT2D eigenvalue weighted by molar-refractivity contribution is 6.31. The number of hydrogen-bond donors (Lipinski definition) is 3. The molecule has 0 saturated carbocycles. The summed E-state index contributed by atoms with van der Waals surface area (Å²) in [5.41, 5.74) is 1.27. The Morgan fingerprint density at radius 2 is 2.04 bits per heavy atom. The normalized spacial score (nSPS) is 12.0. The van der Waals surface area contributed by atoms with Crippen LogP contribution >= 0.6 is 11.6 Å². The van der Waals surface area contributed by atoms with Crippen LogP contribution < -0.4 is 16.0 Å². The highest BCUT2D eigenvalue weighted by atomic mass is 35.5. The molecule has 25 heavy (non-hydrogen) atoms. The first kappa shape index (κ1) is 21.3. The van der Waals surface area contributed by atoms with E-state index < -0.39 is 0 Å². The van der Waals surface area contributed by atoms with Crippen molar-refractivity contribution < 1.29 is 9.53 Å². The Balaban J connectivity index is 2.51. The summed E-state index contributed by atoms with van der Waals surface area (Å²) >= 11 is 6.06. The first-order chi connectivity index (χ1) is 11.8. The first-order valence-electron chi connectivity index (χ1n) is 8.41. The number of carbonyl (C=O) groups is 1. The number of nitrogens with zero attached hydrogens (tertiary/aromatic N) is 1. The average molecular weight is 369 g/mol. The van der Waals surface area contributed by atoms with Gasteiger partial charge in [-0.15, -0.1) is 0 Å². The fourth-order valence-corrected chi connectivity index (χ4v) is 2.10. The Bertz CT molecular complexity index is 603. The molecule has 0 heterocycles. The summed E-state index contributed by atoms with van der Waals surface area (Å²) in [7, 11) is 1.66. The highest BCUT2D eigenvalue weighted by Gasteiger charge is 2.15. The SMILES string of the molecule is CCNC(=NCC(C)(C)OC)NCCC(=O)Nc1cccc(Cl)c1C. The van der Waals surface area contributed by atoms with Gasteiger partial charge in [-0.1, -0.05) is 17.7 Å². The van der Waals surface area contributed by atoms with Gasteiger partial charge in [0, 0.05) is 37.3 Å². The minimum atomic E-state index is -0.330. The van der Waals surface area contributed by atoms with Gasteiger partial charge in [-0.25, -0.2) is 0 Å². The maximum atomic E-state index is 12.1. The summed E-state index contributed by atoms with van der Waals surface area (Å²) in [5.74, 6) is 0.588. The molecule has 0 fully saturated rings. The molecular formula is C18H29ClN4O2. The number of guanidine groups is 1. The van der Waals surface area contributed by atoms with Gasteiger partial charge in [0.1, 0.15) is 0 Å². The van der Waals surface area contributed by atoms with Gasteiger partial charge >= 0.3 is 0 Å². The second kappa shape index (κ2) is 10.3. The van der Waals surface area contributed by atoms with Crippen LogP contribution in [0.2, 0.25) is 5.02 Å². The second-order valence-corrected chi connectivity index (χ2v) is 6.70. The molecular weight excluding hydrogens is 340 g/mol. The Kier molecular flexibility index (Phi) is 8.72. The van der Waals surface area contributed by atoms with Crippen molar-refractivity contribution in [2.24, 2.45) is 4.99 Å². The van der Waals surface area contributed by atoms with E-state index in [-0.39, 0.29) is 11.5 Å². The number of amides is 1. The third kappa shape index (κ3) is 7.75. The van der Waals surface area contributed by atoms with E-state index in [1.165, 1.54) is 0 Å². The maximum Gasteiger partial charge on any atom is 0.226 e. The van der Waals surface area contributed by atoms with Crippen LogP contribution in [0.4, 0.5) is 5.69 Å². The van der Waals surface area contributed by atoms with Crippen LogP contribution in [0.3, 0.4) is 0 Å². The summed E-state index contributed by atoms with van der Waals surface area (Å²) in [4.78, 5) is 16.6. The minimum Gasteiger partial charge on any atom is -0.377 e. The number of anilines is 1. The molecule has 0 aliphatic rings. The summed E-state index contributed by atoms with van der Waals surface area (Å²) in [6, 6.07) is 5.45. The summed E-state index contributed by atoms with van der Waals surface area (Å²) in [6.07, 6.45) is 0.323. The van der Waals surface area contributed by atoms with Crippen molar-refractivity contribution in [3.63, 3.8) is 0 Å². The lowest BCUT2D eigenvalue weighted by molar-refractivity contribution is -0.116. The molecule has 3 N–H and O–H groups in total. The van der Waals surface area contributed by atoms with Crippen molar-refractivity contribution in [1.29, 1.82) is 0 Å². The summed E-state index contributed by atoms with van der Waals surface area (Å²) in [6.45, 7) is 9.56. The minimum absolute atomic E-state index is 0.0778. The van der Waals surface area contributed by atoms with E-state index in [1.807, 2.05) is 39.8 Å². The number of hydrogen-bond acceptors (Lipinski definition) is 3. The van der Waals surface area contributed by atoms with E-state index in [1.54, 1.807) is 13.2 Å². The van der Waals surface area contributed by atoms with Gasteiger partial charge in [-0.05, 0) is 45.4 Å². The fraction of sp³-hybridized carbons (Fsp3) is 0.556. The number of ether oxygens (including phenoxy) is 1. The zero-order valence-corrected chi connectivity index (χ0v) is 16.5. The Morgan fingerprint density at radius 3 is 2.68 bits per heavy atom. The molecule has 0 aliphatic carbocycles. The molecule has 1 amide bonds. The topological polar surface area (TPSA) is 74.8 Å². The lowest BCUT2D eigenvalue weighted by Crippen LogP contribution is -2.40. The molecule has 0 unspecified atom stereocenters. The van der Waals surface area contributed by atoms with Crippen LogP contribution in [0.25, 0.3) is 0 Å². The van der Waals surface area contributed by atoms with Crippen molar-refractivity contribution >= 4 is 29.2 Å². The first-order valence-corrected chi connectivity index (χ1v) is 8.79. The monoisotopic (exact) mass is 368 g/mol. The highest BCUT2D eigenvalue weighted by Crippen LogP contribution is 2.22. The van der Waals surface area contributed by atoms with Gasteiger partial charge < -0.3 is 20.7 Å². The molecule has 0 radical (unpaired) electrons. The molecule has 1 aromatic rings. The van der Waals surface area contributed by atoms with Gasteiger partial charge in [-0.2, -0.15) is 0 Å². The number of benzene rings is 1. The molecule has 0 bridgehead atoms. The van der Waals surface area contributed by atoms with E-state index in [4.69, 9.17) is 16.3 Å². The second-order valence-electron chi connectivity index (χ2n) is 6.30. The van der Waals surface area contributed by atoms with Crippen LogP contribution in [0.5, 0.6) is 0 Å². The molecule has 0 aliphatic heterocycles. The number of halogens is 1. The third-order valence-electron chi connectivity index (χ3n) is 3.70. The van der Waals surface area contributed by atoms with E-state index in [0.29, 0.717) is 30.5 Å². The van der Waals surface area contributed by atoms with Crippen LogP contribution in [0, 0.1) is 6.92 Å².